The van der Waals surface area contributed by atoms with Gasteiger partial charge in [-0.25, -0.2) is 27.2 Å². The van der Waals surface area contributed by atoms with Crippen molar-refractivity contribution in [3.8, 4) is 0 Å². The molecule has 3 aromatic rings. The van der Waals surface area contributed by atoms with Crippen LogP contribution in [0.5, 0.6) is 0 Å². The molecule has 0 spiro atoms. The highest BCUT2D eigenvalue weighted by molar-refractivity contribution is 7.90. The molecule has 1 amide bonds. The summed E-state index contributed by atoms with van der Waals surface area (Å²) in [6, 6.07) is 8.15. The van der Waals surface area contributed by atoms with E-state index in [4.69, 9.17) is 9.47 Å². The lowest BCUT2D eigenvalue weighted by atomic mass is 10.2. The normalized spacial score (nSPS) is 17.3. The van der Waals surface area contributed by atoms with Crippen LogP contribution < -0.4 is 4.90 Å². The maximum absolute atomic E-state index is 13.3. The van der Waals surface area contributed by atoms with Gasteiger partial charge < -0.3 is 19.3 Å². The van der Waals surface area contributed by atoms with Crippen molar-refractivity contribution < 1.29 is 22.7 Å². The largest absolute Gasteiger partial charge is 0.444 e. The second-order valence-corrected chi connectivity index (χ2v) is 11.4. The average Bonchev–Trinajstić information content (AvgIpc) is 3.08. The summed E-state index contributed by atoms with van der Waals surface area (Å²) in [5, 5.41) is 0.582. The first kappa shape index (κ1) is 24.9. The van der Waals surface area contributed by atoms with E-state index in [2.05, 4.69) is 9.97 Å². The van der Waals surface area contributed by atoms with Crippen LogP contribution in [0.3, 0.4) is 0 Å². The number of carbonyl (C=O) groups is 1. The zero-order valence-corrected chi connectivity index (χ0v) is 21.4. The smallest absolute Gasteiger partial charge is 0.410 e. The summed E-state index contributed by atoms with van der Waals surface area (Å²) in [4.78, 5) is 25.1. The number of aromatic nitrogens is 3. The molecule has 10 nitrogen and oxygen atoms in total. The molecule has 0 saturated carbocycles. The van der Waals surface area contributed by atoms with Gasteiger partial charge in [0.25, 0.3) is 10.0 Å². The second kappa shape index (κ2) is 9.46. The number of anilines is 1. The van der Waals surface area contributed by atoms with Crippen molar-refractivity contribution in [2.24, 2.45) is 0 Å². The van der Waals surface area contributed by atoms with E-state index in [0.717, 1.165) is 5.56 Å². The Morgan fingerprint density at radius 3 is 2.57 bits per heavy atom. The number of hydrogen-bond donors (Lipinski definition) is 0. The molecule has 3 heterocycles. The highest BCUT2D eigenvalue weighted by atomic mass is 32.2. The third-order valence-electron chi connectivity index (χ3n) is 5.79. The summed E-state index contributed by atoms with van der Waals surface area (Å²) >= 11 is 0. The van der Waals surface area contributed by atoms with E-state index < -0.39 is 21.7 Å². The molecule has 2 aromatic heterocycles. The van der Waals surface area contributed by atoms with Crippen LogP contribution in [0.1, 0.15) is 26.3 Å². The van der Waals surface area contributed by atoms with Gasteiger partial charge >= 0.3 is 6.09 Å². The third-order valence-corrected chi connectivity index (χ3v) is 7.47. The molecule has 1 atom stereocenters. The Morgan fingerprint density at radius 2 is 1.89 bits per heavy atom. The minimum atomic E-state index is -3.84. The summed E-state index contributed by atoms with van der Waals surface area (Å²) in [6.07, 6.45) is 2.44. The van der Waals surface area contributed by atoms with E-state index in [9.17, 15) is 13.2 Å². The van der Waals surface area contributed by atoms with Gasteiger partial charge in [-0.15, -0.1) is 0 Å². The molecular formula is C24H31N5O5S. The molecule has 0 unspecified atom stereocenters. The van der Waals surface area contributed by atoms with Crippen LogP contribution in [0.2, 0.25) is 0 Å². The molecule has 0 aliphatic carbocycles. The molecule has 0 N–H and O–H groups in total. The number of amides is 1. The van der Waals surface area contributed by atoms with Crippen LogP contribution >= 0.6 is 0 Å². The summed E-state index contributed by atoms with van der Waals surface area (Å²) in [7, 11) is -1.99. The fourth-order valence-corrected chi connectivity index (χ4v) is 5.21. The van der Waals surface area contributed by atoms with Gasteiger partial charge in [0.2, 0.25) is 0 Å². The standard InChI is InChI=1S/C24H31N5O5S/c1-17-6-8-19(9-7-17)35(31,32)29-11-10-20-21(25-16-26-22(20)29)27(5)18-14-28(12-13-33-15-18)23(30)34-24(2,3)4/h6-11,16,18H,12-15H2,1-5H3/t18-/m0/s1. The number of rotatable bonds is 4. The van der Waals surface area contributed by atoms with E-state index in [1.54, 1.807) is 35.2 Å². The molecule has 0 bridgehead atoms. The van der Waals surface area contributed by atoms with E-state index >= 15 is 0 Å². The molecule has 4 rings (SSSR count). The van der Waals surface area contributed by atoms with Gasteiger partial charge in [0.1, 0.15) is 17.7 Å². The highest BCUT2D eigenvalue weighted by Gasteiger charge is 2.30. The van der Waals surface area contributed by atoms with Crippen molar-refractivity contribution >= 4 is 33.0 Å². The van der Waals surface area contributed by atoms with Crippen LogP contribution in [-0.2, 0) is 19.5 Å². The first-order valence-corrected chi connectivity index (χ1v) is 12.8. The number of nitrogens with zero attached hydrogens (tertiary/aromatic N) is 5. The Labute approximate surface area is 205 Å². The number of carbonyl (C=O) groups excluding carboxylic acids is 1. The van der Waals surface area contributed by atoms with Gasteiger partial charge in [0.05, 0.1) is 29.5 Å². The second-order valence-electron chi connectivity index (χ2n) is 9.63. The fraction of sp³-hybridized carbons (Fsp3) is 0.458. The van der Waals surface area contributed by atoms with Crippen LogP contribution in [0, 0.1) is 6.92 Å². The molecule has 1 aromatic carbocycles. The van der Waals surface area contributed by atoms with E-state index in [1.807, 2.05) is 39.6 Å². The van der Waals surface area contributed by atoms with Crippen molar-refractivity contribution in [2.45, 2.75) is 44.2 Å². The van der Waals surface area contributed by atoms with Crippen molar-refractivity contribution in [3.05, 3.63) is 48.4 Å². The Kier molecular flexibility index (Phi) is 6.74. The van der Waals surface area contributed by atoms with Crippen LogP contribution in [0.15, 0.2) is 47.8 Å². The van der Waals surface area contributed by atoms with Crippen LogP contribution in [-0.4, -0.2) is 78.3 Å². The Bertz CT molecular complexity index is 1310. The zero-order valence-electron chi connectivity index (χ0n) is 20.6. The van der Waals surface area contributed by atoms with Crippen molar-refractivity contribution in [3.63, 3.8) is 0 Å². The van der Waals surface area contributed by atoms with E-state index in [0.29, 0.717) is 37.5 Å². The van der Waals surface area contributed by atoms with Gasteiger partial charge in [-0.05, 0) is 45.9 Å². The average molecular weight is 502 g/mol. The molecular weight excluding hydrogens is 470 g/mol. The topological polar surface area (TPSA) is 107 Å². The lowest BCUT2D eigenvalue weighted by Gasteiger charge is -2.32. The number of ether oxygens (including phenoxy) is 2. The number of hydrogen-bond acceptors (Lipinski definition) is 8. The first-order valence-electron chi connectivity index (χ1n) is 11.4. The SMILES string of the molecule is Cc1ccc(S(=O)(=O)n2ccc3c(N(C)[C@@H]4COCCN(C(=O)OC(C)(C)C)C4)ncnc32)cc1. The summed E-state index contributed by atoms with van der Waals surface area (Å²) < 4.78 is 39.1. The van der Waals surface area contributed by atoms with E-state index in [-0.39, 0.29) is 16.6 Å². The van der Waals surface area contributed by atoms with Crippen molar-refractivity contribution in [1.29, 1.82) is 0 Å². The zero-order chi connectivity index (χ0) is 25.4. The lowest BCUT2D eigenvalue weighted by Crippen LogP contribution is -2.47. The molecule has 1 aliphatic rings. The minimum Gasteiger partial charge on any atom is -0.444 e. The molecule has 1 fully saturated rings. The van der Waals surface area contributed by atoms with Crippen molar-refractivity contribution in [1.82, 2.24) is 18.8 Å². The van der Waals surface area contributed by atoms with Crippen LogP contribution in [0.25, 0.3) is 11.0 Å². The Hall–Kier alpha value is -3.18. The predicted octanol–water partition coefficient (Wildman–Crippen LogP) is 3.05. The molecule has 0 radical (unpaired) electrons. The summed E-state index contributed by atoms with van der Waals surface area (Å²) in [5.74, 6) is 0.549. The maximum atomic E-state index is 13.3. The first-order chi connectivity index (χ1) is 16.5. The summed E-state index contributed by atoms with van der Waals surface area (Å²) in [6.45, 7) is 8.96. The van der Waals surface area contributed by atoms with E-state index in [1.165, 1.54) is 16.5 Å². The van der Waals surface area contributed by atoms with Gasteiger partial charge in [-0.3, -0.25) is 0 Å². The number of benzene rings is 1. The number of aryl methyl sites for hydroxylation is 1. The Morgan fingerprint density at radius 1 is 1.17 bits per heavy atom. The molecule has 188 valence electrons. The Balaban J connectivity index is 1.64. The lowest BCUT2D eigenvalue weighted by molar-refractivity contribution is 0.0240. The monoisotopic (exact) mass is 501 g/mol. The van der Waals surface area contributed by atoms with Gasteiger partial charge in [0, 0.05) is 26.3 Å². The predicted molar refractivity (Wildman–Crippen MR) is 132 cm³/mol. The molecule has 1 saturated heterocycles. The van der Waals surface area contributed by atoms with Gasteiger partial charge in [0.15, 0.2) is 5.65 Å². The molecule has 35 heavy (non-hydrogen) atoms. The minimum absolute atomic E-state index is 0.180. The summed E-state index contributed by atoms with van der Waals surface area (Å²) in [5.41, 5.74) is 0.649. The fourth-order valence-electron chi connectivity index (χ4n) is 3.91. The molecule has 1 aliphatic heterocycles. The maximum Gasteiger partial charge on any atom is 0.410 e. The third kappa shape index (κ3) is 5.25. The number of likely N-dealkylation sites (N-methyl/N-ethyl adjacent to an activating group) is 1. The van der Waals surface area contributed by atoms with Crippen molar-refractivity contribution in [2.75, 3.05) is 38.3 Å². The van der Waals surface area contributed by atoms with Gasteiger partial charge in [-0.2, -0.15) is 0 Å². The van der Waals surface area contributed by atoms with Gasteiger partial charge in [-0.1, -0.05) is 17.7 Å². The van der Waals surface area contributed by atoms with Crippen LogP contribution in [0.4, 0.5) is 10.6 Å². The highest BCUT2D eigenvalue weighted by Crippen LogP contribution is 2.28. The molecule has 11 heteroatoms. The number of fused-ring (bicyclic) bond motifs is 1. The quantitative estimate of drug-likeness (QED) is 0.537.